The van der Waals surface area contributed by atoms with Gasteiger partial charge in [-0.25, -0.2) is 8.78 Å². The Morgan fingerprint density at radius 2 is 1.79 bits per heavy atom. The second-order valence-electron chi connectivity index (χ2n) is 7.65. The van der Waals surface area contributed by atoms with Crippen molar-refractivity contribution < 1.29 is 18.3 Å². The van der Waals surface area contributed by atoms with E-state index in [0.29, 0.717) is 18.8 Å². The average Bonchev–Trinajstić information content (AvgIpc) is 2.79. The van der Waals surface area contributed by atoms with E-state index in [2.05, 4.69) is 15.9 Å². The molecule has 0 bridgehead atoms. The van der Waals surface area contributed by atoms with Crippen LogP contribution in [0.25, 0.3) is 0 Å². The number of carbonyl (C=O) groups excluding carboxylic acids is 1. The van der Waals surface area contributed by atoms with Crippen LogP contribution in [0.2, 0.25) is 0 Å². The Kier molecular flexibility index (Phi) is 7.99. The van der Waals surface area contributed by atoms with Crippen LogP contribution in [-0.4, -0.2) is 29.0 Å². The second kappa shape index (κ2) is 10.7. The highest BCUT2D eigenvalue weighted by atomic mass is 79.9. The number of likely N-dealkylation sites (N-methyl/N-ethyl adjacent to an activating group) is 1. The molecule has 0 aliphatic rings. The highest BCUT2D eigenvalue weighted by Crippen LogP contribution is 2.24. The van der Waals surface area contributed by atoms with Crippen molar-refractivity contribution in [2.75, 3.05) is 13.6 Å². The fourth-order valence-electron chi connectivity index (χ4n) is 3.26. The van der Waals surface area contributed by atoms with Gasteiger partial charge in [-0.15, -0.1) is 0 Å². The Balaban J connectivity index is 1.73. The number of halogens is 3. The maximum Gasteiger partial charge on any atom is 0.269 e. The van der Waals surface area contributed by atoms with Crippen LogP contribution in [0, 0.1) is 18.6 Å². The Morgan fingerprint density at radius 3 is 2.42 bits per heavy atom. The number of rotatable bonds is 8. The normalized spacial score (nSPS) is 10.8. The summed E-state index contributed by atoms with van der Waals surface area (Å²) >= 11 is 3.28. The third kappa shape index (κ3) is 6.06. The smallest absolute Gasteiger partial charge is 0.269 e. The molecule has 0 spiro atoms. The molecule has 3 aromatic rings. The first-order valence-corrected chi connectivity index (χ1v) is 11.0. The topological polar surface area (TPSA) is 77.6 Å². The minimum absolute atomic E-state index is 0.0375. The number of pyridine rings is 1. The molecular weight excluding hydrogens is 496 g/mol. The van der Waals surface area contributed by atoms with Gasteiger partial charge in [0.25, 0.3) is 5.56 Å². The van der Waals surface area contributed by atoms with Gasteiger partial charge >= 0.3 is 0 Å². The molecule has 2 aromatic carbocycles. The standard InChI is InChI=1S/C24H24BrF2N3O3/c1-15-9-21(33-14-18-7-8-19(26)10-20(18)27)23(25)24(32)30(15)13-17-5-3-16(4-6-17)12-29(2)22(31)11-28/h3-10H,11-14,28H2,1-2H3. The first-order chi connectivity index (χ1) is 15.7. The Bertz CT molecular complexity index is 1210. The van der Waals surface area contributed by atoms with Gasteiger partial charge in [-0.05, 0) is 46.1 Å². The summed E-state index contributed by atoms with van der Waals surface area (Å²) in [5.41, 5.74) is 7.80. The van der Waals surface area contributed by atoms with Crippen molar-refractivity contribution in [1.29, 1.82) is 0 Å². The van der Waals surface area contributed by atoms with Gasteiger partial charge in [0.2, 0.25) is 5.91 Å². The number of aromatic nitrogens is 1. The van der Waals surface area contributed by atoms with Gasteiger partial charge in [-0.2, -0.15) is 0 Å². The molecule has 0 aliphatic heterocycles. The predicted octanol–water partition coefficient (Wildman–Crippen LogP) is 3.74. The lowest BCUT2D eigenvalue weighted by Gasteiger charge is -2.17. The Labute approximate surface area is 198 Å². The summed E-state index contributed by atoms with van der Waals surface area (Å²) in [4.78, 5) is 26.1. The zero-order valence-corrected chi connectivity index (χ0v) is 19.9. The van der Waals surface area contributed by atoms with Crippen LogP contribution in [0.15, 0.2) is 57.8 Å². The van der Waals surface area contributed by atoms with Gasteiger partial charge in [0.05, 0.1) is 13.1 Å². The minimum atomic E-state index is -0.710. The molecule has 1 heterocycles. The zero-order chi connectivity index (χ0) is 24.1. The quantitative estimate of drug-likeness (QED) is 0.491. The van der Waals surface area contributed by atoms with Gasteiger partial charge in [0.15, 0.2) is 0 Å². The molecule has 1 amide bonds. The van der Waals surface area contributed by atoms with Gasteiger partial charge < -0.3 is 19.9 Å². The monoisotopic (exact) mass is 519 g/mol. The molecule has 3 rings (SSSR count). The summed E-state index contributed by atoms with van der Waals surface area (Å²) < 4.78 is 34.4. The van der Waals surface area contributed by atoms with E-state index >= 15 is 0 Å². The summed E-state index contributed by atoms with van der Waals surface area (Å²) in [6, 6.07) is 12.5. The van der Waals surface area contributed by atoms with Crippen LogP contribution < -0.4 is 16.0 Å². The highest BCUT2D eigenvalue weighted by Gasteiger charge is 2.14. The van der Waals surface area contributed by atoms with E-state index in [0.717, 1.165) is 23.3 Å². The molecule has 0 radical (unpaired) electrons. The largest absolute Gasteiger partial charge is 0.487 e. The van der Waals surface area contributed by atoms with Gasteiger partial charge in [0, 0.05) is 37.0 Å². The maximum absolute atomic E-state index is 13.9. The number of hydrogen-bond acceptors (Lipinski definition) is 4. The number of ether oxygens (including phenoxy) is 1. The number of aryl methyl sites for hydroxylation is 1. The molecule has 0 unspecified atom stereocenters. The molecule has 33 heavy (non-hydrogen) atoms. The maximum atomic E-state index is 13.9. The zero-order valence-electron chi connectivity index (χ0n) is 18.3. The lowest BCUT2D eigenvalue weighted by Crippen LogP contribution is -2.32. The van der Waals surface area contributed by atoms with Gasteiger partial charge in [-0.1, -0.05) is 24.3 Å². The van der Waals surface area contributed by atoms with Gasteiger partial charge in [-0.3, -0.25) is 9.59 Å². The van der Waals surface area contributed by atoms with E-state index in [1.807, 2.05) is 24.3 Å². The number of carbonyl (C=O) groups is 1. The molecule has 6 nitrogen and oxygen atoms in total. The number of hydrogen-bond donors (Lipinski definition) is 1. The predicted molar refractivity (Wildman–Crippen MR) is 125 cm³/mol. The second-order valence-corrected chi connectivity index (χ2v) is 8.44. The first-order valence-electron chi connectivity index (χ1n) is 10.2. The lowest BCUT2D eigenvalue weighted by atomic mass is 10.1. The summed E-state index contributed by atoms with van der Waals surface area (Å²) in [7, 11) is 1.69. The van der Waals surface area contributed by atoms with Crippen molar-refractivity contribution in [2.24, 2.45) is 5.73 Å². The number of nitrogens with two attached hydrogens (primary N) is 1. The van der Waals surface area contributed by atoms with E-state index in [9.17, 15) is 18.4 Å². The molecule has 0 atom stereocenters. The van der Waals surface area contributed by atoms with Crippen molar-refractivity contribution >= 4 is 21.8 Å². The fourth-order valence-corrected chi connectivity index (χ4v) is 3.70. The van der Waals surface area contributed by atoms with E-state index in [1.165, 1.54) is 6.07 Å². The number of nitrogens with zero attached hydrogens (tertiary/aromatic N) is 2. The molecule has 9 heteroatoms. The van der Waals surface area contributed by atoms with Crippen molar-refractivity contribution in [3.8, 4) is 5.75 Å². The Hall–Kier alpha value is -3.04. The molecule has 2 N–H and O–H groups in total. The summed E-state index contributed by atoms with van der Waals surface area (Å²) in [5.74, 6) is -1.24. The van der Waals surface area contributed by atoms with Crippen LogP contribution in [0.3, 0.4) is 0 Å². The summed E-state index contributed by atoms with van der Waals surface area (Å²) in [6.07, 6.45) is 0. The fraction of sp³-hybridized carbons (Fsp3) is 0.250. The van der Waals surface area contributed by atoms with E-state index in [4.69, 9.17) is 10.5 Å². The Morgan fingerprint density at radius 1 is 1.12 bits per heavy atom. The number of amides is 1. The summed E-state index contributed by atoms with van der Waals surface area (Å²) in [6.45, 7) is 2.39. The van der Waals surface area contributed by atoms with Crippen LogP contribution in [0.1, 0.15) is 22.4 Å². The average molecular weight is 520 g/mol. The van der Waals surface area contributed by atoms with E-state index < -0.39 is 11.6 Å². The van der Waals surface area contributed by atoms with Crippen LogP contribution in [0.5, 0.6) is 5.75 Å². The van der Waals surface area contributed by atoms with E-state index in [-0.39, 0.29) is 40.4 Å². The molecule has 174 valence electrons. The van der Waals surface area contributed by atoms with E-state index in [1.54, 1.807) is 29.5 Å². The van der Waals surface area contributed by atoms with Gasteiger partial charge in [0.1, 0.15) is 28.5 Å². The number of benzene rings is 2. The third-order valence-electron chi connectivity index (χ3n) is 5.20. The van der Waals surface area contributed by atoms with Crippen molar-refractivity contribution in [2.45, 2.75) is 26.6 Å². The molecule has 0 saturated heterocycles. The summed E-state index contributed by atoms with van der Waals surface area (Å²) in [5, 5.41) is 0. The third-order valence-corrected chi connectivity index (χ3v) is 5.93. The molecular formula is C24H24BrF2N3O3. The van der Waals surface area contributed by atoms with Crippen LogP contribution in [-0.2, 0) is 24.5 Å². The van der Waals surface area contributed by atoms with Crippen molar-refractivity contribution in [3.63, 3.8) is 0 Å². The highest BCUT2D eigenvalue weighted by molar-refractivity contribution is 9.10. The lowest BCUT2D eigenvalue weighted by molar-refractivity contribution is -0.128. The molecule has 1 aromatic heterocycles. The van der Waals surface area contributed by atoms with Crippen LogP contribution >= 0.6 is 15.9 Å². The molecule has 0 fully saturated rings. The van der Waals surface area contributed by atoms with Crippen LogP contribution in [0.4, 0.5) is 8.78 Å². The first kappa shape index (κ1) is 24.6. The SMILES string of the molecule is Cc1cc(OCc2ccc(F)cc2F)c(Br)c(=O)n1Cc1ccc(CN(C)C(=O)CN)cc1. The minimum Gasteiger partial charge on any atom is -0.487 e. The van der Waals surface area contributed by atoms with Crippen molar-refractivity contribution in [1.82, 2.24) is 9.47 Å². The molecule has 0 saturated carbocycles. The van der Waals surface area contributed by atoms with Crippen molar-refractivity contribution in [3.05, 3.63) is 97.4 Å². The molecule has 0 aliphatic carbocycles.